The van der Waals surface area contributed by atoms with E-state index in [9.17, 15) is 28.8 Å². The van der Waals surface area contributed by atoms with Crippen molar-refractivity contribution in [3.8, 4) is 0 Å². The number of carboxylic acid groups (broad SMARTS) is 1. The summed E-state index contributed by atoms with van der Waals surface area (Å²) in [7, 11) is -2.67. The van der Waals surface area contributed by atoms with Crippen LogP contribution in [-0.4, -0.2) is 71.1 Å². The fourth-order valence-corrected chi connectivity index (χ4v) is 4.63. The van der Waals surface area contributed by atoms with E-state index in [0.29, 0.717) is 25.8 Å². The molecule has 5 atom stereocenters. The van der Waals surface area contributed by atoms with Crippen molar-refractivity contribution in [2.24, 2.45) is 5.92 Å². The molecule has 0 aromatic heterocycles. The molecule has 3 unspecified atom stereocenters. The van der Waals surface area contributed by atoms with Gasteiger partial charge in [0.05, 0.1) is 6.04 Å². The van der Waals surface area contributed by atoms with Gasteiger partial charge in [0.15, 0.2) is 6.10 Å². The third kappa shape index (κ3) is 8.29. The second-order valence-corrected chi connectivity index (χ2v) is 9.92. The number of carboxylic acids is 1. The SMILES string of the molecule is CCCCC(CO[P+](=O)O[C@@H](C)C(=O)N1CCC[C@H]1C(=O)O)NC(=O)C(C)NC(=O)C1CCC1. The lowest BCUT2D eigenvalue weighted by atomic mass is 9.84. The molecule has 2 rings (SSSR count). The molecule has 0 aromatic rings. The highest BCUT2D eigenvalue weighted by Crippen LogP contribution is 2.29. The quantitative estimate of drug-likeness (QED) is 0.306. The van der Waals surface area contributed by atoms with Crippen LogP contribution in [0.25, 0.3) is 0 Å². The van der Waals surface area contributed by atoms with Gasteiger partial charge in [0, 0.05) is 17.0 Å². The Morgan fingerprint density at radius 2 is 1.82 bits per heavy atom. The standard InChI is InChI=1S/C22H36N3O8P/c1-4-5-10-17(24-19(26)14(2)23-20(27)16-8-6-9-16)13-32-34(31)33-15(3)21(28)25-12-7-11-18(25)22(29)30/h14-18H,4-13H2,1-3H3,(H2-,23,24,26,27,29,30)/p+1/t14?,15-,17?,18-/m0/s1. The highest BCUT2D eigenvalue weighted by molar-refractivity contribution is 7.33. The van der Waals surface area contributed by atoms with Crippen LogP contribution in [0.2, 0.25) is 0 Å². The van der Waals surface area contributed by atoms with Gasteiger partial charge in [-0.05, 0) is 46.0 Å². The van der Waals surface area contributed by atoms with E-state index in [1.165, 1.54) is 11.8 Å². The summed E-state index contributed by atoms with van der Waals surface area (Å²) in [6.07, 6.45) is 4.80. The molecule has 2 fully saturated rings. The van der Waals surface area contributed by atoms with E-state index in [0.717, 1.165) is 32.1 Å². The number of nitrogens with one attached hydrogen (secondary N) is 2. The molecule has 1 aliphatic carbocycles. The number of carbonyl (C=O) groups excluding carboxylic acids is 3. The largest absolute Gasteiger partial charge is 0.698 e. The van der Waals surface area contributed by atoms with E-state index in [2.05, 4.69) is 10.6 Å². The van der Waals surface area contributed by atoms with Gasteiger partial charge in [-0.25, -0.2) is 4.79 Å². The maximum atomic E-state index is 12.5. The van der Waals surface area contributed by atoms with E-state index in [1.807, 2.05) is 6.92 Å². The topological polar surface area (TPSA) is 151 Å². The Morgan fingerprint density at radius 3 is 2.41 bits per heavy atom. The van der Waals surface area contributed by atoms with Gasteiger partial charge in [-0.1, -0.05) is 26.2 Å². The summed E-state index contributed by atoms with van der Waals surface area (Å²) in [5.74, 6) is -2.12. The number of rotatable bonds is 14. The van der Waals surface area contributed by atoms with Crippen molar-refractivity contribution < 1.29 is 37.9 Å². The molecule has 1 aliphatic heterocycles. The smallest absolute Gasteiger partial charge is 0.480 e. The van der Waals surface area contributed by atoms with Crippen molar-refractivity contribution in [2.45, 2.75) is 96.4 Å². The summed E-state index contributed by atoms with van der Waals surface area (Å²) in [6, 6.07) is -2.06. The predicted molar refractivity (Wildman–Crippen MR) is 123 cm³/mol. The van der Waals surface area contributed by atoms with Gasteiger partial charge in [-0.2, -0.15) is 0 Å². The van der Waals surface area contributed by atoms with Crippen LogP contribution in [0.4, 0.5) is 0 Å². The van der Waals surface area contributed by atoms with Gasteiger partial charge in [0.25, 0.3) is 5.91 Å². The van der Waals surface area contributed by atoms with Crippen LogP contribution in [0.5, 0.6) is 0 Å². The fourth-order valence-electron chi connectivity index (χ4n) is 3.92. The third-order valence-electron chi connectivity index (χ3n) is 6.27. The monoisotopic (exact) mass is 502 g/mol. The van der Waals surface area contributed by atoms with E-state index in [-0.39, 0.29) is 24.3 Å². The number of nitrogens with zero attached hydrogens (tertiary/aromatic N) is 1. The molecule has 3 N–H and O–H groups in total. The lowest BCUT2D eigenvalue weighted by Gasteiger charge is -2.26. The molecule has 0 spiro atoms. The molecule has 1 saturated heterocycles. The van der Waals surface area contributed by atoms with E-state index in [4.69, 9.17) is 9.05 Å². The third-order valence-corrected chi connectivity index (χ3v) is 7.12. The van der Waals surface area contributed by atoms with Crippen molar-refractivity contribution >= 4 is 31.9 Å². The Morgan fingerprint density at radius 1 is 1.12 bits per heavy atom. The van der Waals surface area contributed by atoms with Crippen LogP contribution >= 0.6 is 8.25 Å². The Labute approximate surface area is 201 Å². The lowest BCUT2D eigenvalue weighted by molar-refractivity contribution is -0.151. The molecule has 0 aromatic carbocycles. The zero-order valence-electron chi connectivity index (χ0n) is 20.2. The molecule has 192 valence electrons. The number of unbranched alkanes of at least 4 members (excludes halogenated alkanes) is 1. The maximum Gasteiger partial charge on any atom is 0.698 e. The van der Waals surface area contributed by atoms with Crippen molar-refractivity contribution in [1.82, 2.24) is 15.5 Å². The van der Waals surface area contributed by atoms with Gasteiger partial charge in [-0.15, -0.1) is 9.05 Å². The first kappa shape index (κ1) is 28.1. The Bertz CT molecular complexity index is 760. The van der Waals surface area contributed by atoms with Crippen LogP contribution in [0.15, 0.2) is 0 Å². The molecular formula is C22H37N3O8P+. The highest BCUT2D eigenvalue weighted by atomic mass is 31.1. The second kappa shape index (κ2) is 13.7. The van der Waals surface area contributed by atoms with E-state index in [1.54, 1.807) is 6.92 Å². The Hall–Kier alpha value is -2.10. The van der Waals surface area contributed by atoms with Crippen LogP contribution in [0.3, 0.4) is 0 Å². The minimum absolute atomic E-state index is 0.0216. The molecule has 0 radical (unpaired) electrons. The lowest BCUT2D eigenvalue weighted by Crippen LogP contribution is -2.50. The first-order chi connectivity index (χ1) is 16.1. The average Bonchev–Trinajstić information content (AvgIpc) is 3.23. The molecule has 11 nitrogen and oxygen atoms in total. The predicted octanol–water partition coefficient (Wildman–Crippen LogP) is 2.12. The summed E-state index contributed by atoms with van der Waals surface area (Å²) in [5.41, 5.74) is 0. The van der Waals surface area contributed by atoms with Gasteiger partial charge in [0.1, 0.15) is 18.7 Å². The molecule has 1 heterocycles. The number of likely N-dealkylation sites (tertiary alicyclic amines) is 1. The van der Waals surface area contributed by atoms with Crippen LogP contribution in [-0.2, 0) is 32.8 Å². The number of amides is 3. The molecule has 3 amide bonds. The maximum absolute atomic E-state index is 12.5. The summed E-state index contributed by atoms with van der Waals surface area (Å²) in [5, 5.41) is 14.8. The van der Waals surface area contributed by atoms with Gasteiger partial charge in [0.2, 0.25) is 11.8 Å². The molecule has 0 bridgehead atoms. The van der Waals surface area contributed by atoms with Gasteiger partial charge >= 0.3 is 14.2 Å². The van der Waals surface area contributed by atoms with Crippen molar-refractivity contribution in [3.05, 3.63) is 0 Å². The fraction of sp³-hybridized carbons (Fsp3) is 0.818. The average molecular weight is 503 g/mol. The zero-order valence-corrected chi connectivity index (χ0v) is 21.1. The summed E-state index contributed by atoms with van der Waals surface area (Å²) in [6.45, 7) is 5.23. The number of hydrogen-bond donors (Lipinski definition) is 3. The highest BCUT2D eigenvalue weighted by Gasteiger charge is 2.40. The van der Waals surface area contributed by atoms with Crippen molar-refractivity contribution in [2.75, 3.05) is 13.2 Å². The van der Waals surface area contributed by atoms with Crippen LogP contribution in [0, 0.1) is 5.92 Å². The van der Waals surface area contributed by atoms with Crippen LogP contribution < -0.4 is 10.6 Å². The molecule has 34 heavy (non-hydrogen) atoms. The first-order valence-corrected chi connectivity index (χ1v) is 13.1. The van der Waals surface area contributed by atoms with Crippen LogP contribution in [0.1, 0.15) is 72.1 Å². The zero-order chi connectivity index (χ0) is 25.3. The summed E-state index contributed by atoms with van der Waals surface area (Å²) in [4.78, 5) is 49.7. The summed E-state index contributed by atoms with van der Waals surface area (Å²) >= 11 is 0. The minimum Gasteiger partial charge on any atom is -0.480 e. The normalized spacial score (nSPS) is 21.2. The number of carbonyl (C=O) groups is 4. The Balaban J connectivity index is 1.81. The molecular weight excluding hydrogens is 465 g/mol. The van der Waals surface area contributed by atoms with Crippen molar-refractivity contribution in [3.63, 3.8) is 0 Å². The van der Waals surface area contributed by atoms with Gasteiger partial charge < -0.3 is 20.6 Å². The second-order valence-electron chi connectivity index (χ2n) is 9.00. The number of hydrogen-bond acceptors (Lipinski definition) is 7. The first-order valence-electron chi connectivity index (χ1n) is 12.0. The number of aliphatic carboxylic acids is 1. The van der Waals surface area contributed by atoms with E-state index < -0.39 is 44.4 Å². The Kier molecular flexibility index (Phi) is 11.3. The van der Waals surface area contributed by atoms with Crippen molar-refractivity contribution in [1.29, 1.82) is 0 Å². The summed E-state index contributed by atoms with van der Waals surface area (Å²) < 4.78 is 22.8. The molecule has 1 saturated carbocycles. The van der Waals surface area contributed by atoms with E-state index >= 15 is 0 Å². The van der Waals surface area contributed by atoms with Gasteiger partial charge in [-0.3, -0.25) is 14.4 Å². The minimum atomic E-state index is -2.67. The molecule has 2 aliphatic rings. The molecule has 12 heteroatoms.